The van der Waals surface area contributed by atoms with Crippen molar-refractivity contribution in [3.63, 3.8) is 0 Å². The first-order valence-electron chi connectivity index (χ1n) is 7.35. The number of nitrogens with one attached hydrogen (secondary N) is 2. The Bertz CT molecular complexity index is 759. The zero-order chi connectivity index (χ0) is 18.1. The van der Waals surface area contributed by atoms with E-state index in [1.165, 1.54) is 36.0 Å². The summed E-state index contributed by atoms with van der Waals surface area (Å²) >= 11 is 0. The summed E-state index contributed by atoms with van der Waals surface area (Å²) < 4.78 is 5.24. The fourth-order valence-electron chi connectivity index (χ4n) is 1.91. The number of hydroxylamine groups is 1. The number of rotatable bonds is 7. The molecule has 25 heavy (non-hydrogen) atoms. The summed E-state index contributed by atoms with van der Waals surface area (Å²) in [4.78, 5) is 23.3. The van der Waals surface area contributed by atoms with E-state index < -0.39 is 11.8 Å². The van der Waals surface area contributed by atoms with Crippen molar-refractivity contribution in [3.05, 3.63) is 65.2 Å². The first-order chi connectivity index (χ1) is 12.1. The fourth-order valence-corrected chi connectivity index (χ4v) is 1.91. The van der Waals surface area contributed by atoms with Gasteiger partial charge < -0.3 is 9.84 Å². The molecule has 0 fully saturated rings. The van der Waals surface area contributed by atoms with Gasteiger partial charge in [-0.1, -0.05) is 6.07 Å². The molecular weight excluding hydrogens is 326 g/mol. The van der Waals surface area contributed by atoms with Crippen LogP contribution in [0.3, 0.4) is 0 Å². The quantitative estimate of drug-likeness (QED) is 0.339. The summed E-state index contributed by atoms with van der Waals surface area (Å²) in [6, 6.07) is 12.8. The molecule has 2 aromatic rings. The number of nitrogens with zero attached hydrogens (tertiary/aromatic N) is 1. The molecule has 0 unspecified atom stereocenters. The van der Waals surface area contributed by atoms with E-state index in [0.717, 1.165) is 5.56 Å². The van der Waals surface area contributed by atoms with Crippen LogP contribution in [0.15, 0.2) is 53.6 Å². The minimum atomic E-state index is -0.707. The van der Waals surface area contributed by atoms with Gasteiger partial charge in [0.2, 0.25) is 0 Å². The minimum absolute atomic E-state index is 0.0591. The summed E-state index contributed by atoms with van der Waals surface area (Å²) in [5, 5.41) is 21.1. The Balaban J connectivity index is 1.95. The predicted octanol–water partition coefficient (Wildman–Crippen LogP) is 0.941. The maximum absolute atomic E-state index is 12.0. The van der Waals surface area contributed by atoms with E-state index in [2.05, 4.69) is 10.5 Å². The number of ether oxygens (including phenoxy) is 1. The summed E-state index contributed by atoms with van der Waals surface area (Å²) in [6.45, 7) is 0.160. The Morgan fingerprint density at radius 2 is 1.76 bits per heavy atom. The molecule has 0 spiro atoms. The Labute approximate surface area is 143 Å². The van der Waals surface area contributed by atoms with E-state index in [-0.39, 0.29) is 24.3 Å². The topological polar surface area (TPSA) is 120 Å². The van der Waals surface area contributed by atoms with Gasteiger partial charge in [-0.25, -0.2) is 10.9 Å². The van der Waals surface area contributed by atoms with Crippen LogP contribution in [0.4, 0.5) is 0 Å². The standard InChI is InChI=1S/C17H17N3O5/c21-8-9-25-15-6-4-12(5-7-15)11-18-19-16(22)13-2-1-3-14(10-13)17(23)20-24/h1-7,10-11,21,24H,8-9H2,(H,19,22)(H,20,23)/b18-11+. The molecule has 8 nitrogen and oxygen atoms in total. The molecule has 130 valence electrons. The molecule has 0 aliphatic heterocycles. The Kier molecular flexibility index (Phi) is 6.64. The van der Waals surface area contributed by atoms with Gasteiger partial charge in [0, 0.05) is 11.1 Å². The summed E-state index contributed by atoms with van der Waals surface area (Å²) in [5.74, 6) is -0.581. The molecule has 0 aliphatic carbocycles. The average Bonchev–Trinajstić information content (AvgIpc) is 2.66. The number of hydrazone groups is 1. The molecule has 0 heterocycles. The normalized spacial score (nSPS) is 10.5. The van der Waals surface area contributed by atoms with Gasteiger partial charge in [-0.15, -0.1) is 0 Å². The van der Waals surface area contributed by atoms with Crippen molar-refractivity contribution in [2.24, 2.45) is 5.10 Å². The van der Waals surface area contributed by atoms with Crippen molar-refractivity contribution in [1.82, 2.24) is 10.9 Å². The highest BCUT2D eigenvalue weighted by Gasteiger charge is 2.09. The molecule has 0 radical (unpaired) electrons. The van der Waals surface area contributed by atoms with Crippen molar-refractivity contribution >= 4 is 18.0 Å². The van der Waals surface area contributed by atoms with E-state index >= 15 is 0 Å². The molecule has 0 bridgehead atoms. The van der Waals surface area contributed by atoms with Crippen LogP contribution in [0, 0.1) is 0 Å². The van der Waals surface area contributed by atoms with Crippen LogP contribution in [0.1, 0.15) is 26.3 Å². The highest BCUT2D eigenvalue weighted by atomic mass is 16.5. The third kappa shape index (κ3) is 5.41. The first-order valence-corrected chi connectivity index (χ1v) is 7.35. The number of hydrogen-bond donors (Lipinski definition) is 4. The lowest BCUT2D eigenvalue weighted by Gasteiger charge is -2.04. The van der Waals surface area contributed by atoms with Gasteiger partial charge in [0.15, 0.2) is 0 Å². The van der Waals surface area contributed by atoms with Crippen molar-refractivity contribution in [2.45, 2.75) is 0 Å². The molecule has 0 saturated heterocycles. The Morgan fingerprint density at radius 3 is 2.40 bits per heavy atom. The van der Waals surface area contributed by atoms with Crippen LogP contribution in [0.5, 0.6) is 5.75 Å². The largest absolute Gasteiger partial charge is 0.491 e. The number of carbonyl (C=O) groups is 2. The second-order valence-electron chi connectivity index (χ2n) is 4.86. The maximum atomic E-state index is 12.0. The van der Waals surface area contributed by atoms with Crippen LogP contribution >= 0.6 is 0 Å². The van der Waals surface area contributed by atoms with Gasteiger partial charge in [-0.3, -0.25) is 14.8 Å². The number of carbonyl (C=O) groups excluding carboxylic acids is 2. The van der Waals surface area contributed by atoms with E-state index in [1.54, 1.807) is 24.3 Å². The lowest BCUT2D eigenvalue weighted by atomic mass is 10.1. The minimum Gasteiger partial charge on any atom is -0.491 e. The number of benzene rings is 2. The predicted molar refractivity (Wildman–Crippen MR) is 89.8 cm³/mol. The van der Waals surface area contributed by atoms with Crippen LogP contribution < -0.4 is 15.6 Å². The average molecular weight is 343 g/mol. The van der Waals surface area contributed by atoms with E-state index in [4.69, 9.17) is 15.1 Å². The number of hydrogen-bond acceptors (Lipinski definition) is 6. The third-order valence-electron chi connectivity index (χ3n) is 3.11. The Morgan fingerprint density at radius 1 is 1.08 bits per heavy atom. The fraction of sp³-hybridized carbons (Fsp3) is 0.118. The summed E-state index contributed by atoms with van der Waals surface area (Å²) in [6.07, 6.45) is 1.46. The van der Waals surface area contributed by atoms with E-state index in [0.29, 0.717) is 5.75 Å². The highest BCUT2D eigenvalue weighted by molar-refractivity contribution is 5.99. The second kappa shape index (κ2) is 9.16. The lowest BCUT2D eigenvalue weighted by Crippen LogP contribution is -2.21. The Hall–Kier alpha value is -3.23. The van der Waals surface area contributed by atoms with E-state index in [1.807, 2.05) is 0 Å². The molecule has 0 saturated carbocycles. The molecular formula is C17H17N3O5. The first kappa shape index (κ1) is 18.1. The third-order valence-corrected chi connectivity index (χ3v) is 3.11. The number of amides is 2. The second-order valence-corrected chi connectivity index (χ2v) is 4.86. The molecule has 4 N–H and O–H groups in total. The summed E-state index contributed by atoms with van der Waals surface area (Å²) in [7, 11) is 0. The summed E-state index contributed by atoms with van der Waals surface area (Å²) in [5.41, 5.74) is 4.98. The number of aliphatic hydroxyl groups is 1. The van der Waals surface area contributed by atoms with Gasteiger partial charge in [-0.2, -0.15) is 5.10 Å². The zero-order valence-electron chi connectivity index (χ0n) is 13.2. The molecule has 2 rings (SSSR count). The van der Waals surface area contributed by atoms with Crippen LogP contribution in [-0.4, -0.2) is 41.6 Å². The van der Waals surface area contributed by atoms with Gasteiger partial charge in [0.05, 0.1) is 12.8 Å². The van der Waals surface area contributed by atoms with Crippen molar-refractivity contribution in [2.75, 3.05) is 13.2 Å². The van der Waals surface area contributed by atoms with Gasteiger partial charge in [0.25, 0.3) is 11.8 Å². The monoisotopic (exact) mass is 343 g/mol. The van der Waals surface area contributed by atoms with Crippen LogP contribution in [-0.2, 0) is 0 Å². The molecule has 2 amide bonds. The van der Waals surface area contributed by atoms with Crippen molar-refractivity contribution in [1.29, 1.82) is 0 Å². The smallest absolute Gasteiger partial charge is 0.274 e. The van der Waals surface area contributed by atoms with Crippen LogP contribution in [0.25, 0.3) is 0 Å². The van der Waals surface area contributed by atoms with Crippen molar-refractivity contribution < 1.29 is 24.6 Å². The number of aliphatic hydroxyl groups excluding tert-OH is 1. The van der Waals surface area contributed by atoms with Gasteiger partial charge in [-0.05, 0) is 48.0 Å². The molecule has 2 aromatic carbocycles. The lowest BCUT2D eigenvalue weighted by molar-refractivity contribution is 0.0706. The molecule has 0 aliphatic rings. The van der Waals surface area contributed by atoms with Crippen molar-refractivity contribution in [3.8, 4) is 5.75 Å². The van der Waals surface area contributed by atoms with Crippen LogP contribution in [0.2, 0.25) is 0 Å². The molecule has 0 aromatic heterocycles. The van der Waals surface area contributed by atoms with E-state index in [9.17, 15) is 9.59 Å². The van der Waals surface area contributed by atoms with Gasteiger partial charge >= 0.3 is 0 Å². The SMILES string of the molecule is O=C(NO)c1cccc(C(=O)N/N=C/c2ccc(OCCO)cc2)c1. The maximum Gasteiger partial charge on any atom is 0.274 e. The molecule has 8 heteroatoms. The zero-order valence-corrected chi connectivity index (χ0v) is 13.2. The van der Waals surface area contributed by atoms with Gasteiger partial charge in [0.1, 0.15) is 12.4 Å². The highest BCUT2D eigenvalue weighted by Crippen LogP contribution is 2.10. The molecule has 0 atom stereocenters.